The summed E-state index contributed by atoms with van der Waals surface area (Å²) in [5, 5.41) is 9.94. The molecule has 0 aromatic carbocycles. The largest absolute Gasteiger partial charge is 0.393 e. The second kappa shape index (κ2) is 5.61. The maximum atomic E-state index is 9.94. The molecule has 0 aromatic heterocycles. The fourth-order valence-electron chi connectivity index (χ4n) is 1.36. The molecule has 0 amide bonds. The SMILES string of the molecule is CCC(C)(CN)C(O)CCC(C)C. The van der Waals surface area contributed by atoms with Crippen LogP contribution in [-0.2, 0) is 0 Å². The Balaban J connectivity index is 3.99. The number of hydrogen-bond donors (Lipinski definition) is 2. The molecule has 80 valence electrons. The lowest BCUT2D eigenvalue weighted by atomic mass is 9.79. The molecule has 0 radical (unpaired) electrons. The number of hydrogen-bond acceptors (Lipinski definition) is 2. The van der Waals surface area contributed by atoms with Crippen LogP contribution < -0.4 is 5.73 Å². The summed E-state index contributed by atoms with van der Waals surface area (Å²) < 4.78 is 0. The van der Waals surface area contributed by atoms with Gasteiger partial charge >= 0.3 is 0 Å². The van der Waals surface area contributed by atoms with Crippen molar-refractivity contribution in [1.29, 1.82) is 0 Å². The lowest BCUT2D eigenvalue weighted by molar-refractivity contribution is 0.0296. The average Bonchev–Trinajstić information content (AvgIpc) is 2.12. The second-order valence-corrected chi connectivity index (χ2v) is 4.70. The number of nitrogens with two attached hydrogens (primary N) is 1. The first-order chi connectivity index (χ1) is 5.96. The van der Waals surface area contributed by atoms with Crippen LogP contribution >= 0.6 is 0 Å². The van der Waals surface area contributed by atoms with Crippen molar-refractivity contribution in [1.82, 2.24) is 0 Å². The number of aliphatic hydroxyl groups excluding tert-OH is 1. The van der Waals surface area contributed by atoms with Crippen molar-refractivity contribution in [3.8, 4) is 0 Å². The highest BCUT2D eigenvalue weighted by molar-refractivity contribution is 4.81. The molecule has 0 rings (SSSR count). The van der Waals surface area contributed by atoms with Crippen LogP contribution in [-0.4, -0.2) is 17.8 Å². The molecule has 0 bridgehead atoms. The highest BCUT2D eigenvalue weighted by atomic mass is 16.3. The monoisotopic (exact) mass is 187 g/mol. The molecule has 3 N–H and O–H groups in total. The van der Waals surface area contributed by atoms with Crippen molar-refractivity contribution in [3.63, 3.8) is 0 Å². The van der Waals surface area contributed by atoms with Gasteiger partial charge in [-0.2, -0.15) is 0 Å². The third-order valence-corrected chi connectivity index (χ3v) is 3.10. The Hall–Kier alpha value is -0.0800. The molecule has 0 aliphatic carbocycles. The third kappa shape index (κ3) is 4.10. The van der Waals surface area contributed by atoms with Crippen LogP contribution in [0.25, 0.3) is 0 Å². The molecule has 0 fully saturated rings. The lowest BCUT2D eigenvalue weighted by Gasteiger charge is -2.32. The van der Waals surface area contributed by atoms with Crippen molar-refractivity contribution >= 4 is 0 Å². The summed E-state index contributed by atoms with van der Waals surface area (Å²) in [5.74, 6) is 0.661. The standard InChI is InChI=1S/C11H25NO/c1-5-11(4,8-12)10(13)7-6-9(2)3/h9-10,13H,5-8,12H2,1-4H3. The molecule has 0 saturated carbocycles. The fourth-order valence-corrected chi connectivity index (χ4v) is 1.36. The Morgan fingerprint density at radius 3 is 2.15 bits per heavy atom. The molecular formula is C11H25NO. The lowest BCUT2D eigenvalue weighted by Crippen LogP contribution is -2.38. The minimum absolute atomic E-state index is 0.0884. The van der Waals surface area contributed by atoms with Gasteiger partial charge in [-0.3, -0.25) is 0 Å². The Labute approximate surface area is 82.5 Å². The molecular weight excluding hydrogens is 162 g/mol. The predicted octanol–water partition coefficient (Wildman–Crippen LogP) is 2.16. The van der Waals surface area contributed by atoms with Gasteiger partial charge in [0.05, 0.1) is 6.10 Å². The molecule has 2 atom stereocenters. The zero-order chi connectivity index (χ0) is 10.5. The molecule has 0 spiro atoms. The zero-order valence-electron chi connectivity index (χ0n) is 9.51. The highest BCUT2D eigenvalue weighted by Gasteiger charge is 2.29. The summed E-state index contributed by atoms with van der Waals surface area (Å²) in [5.41, 5.74) is 5.58. The first-order valence-corrected chi connectivity index (χ1v) is 5.34. The quantitative estimate of drug-likeness (QED) is 0.669. The van der Waals surface area contributed by atoms with Crippen molar-refractivity contribution in [3.05, 3.63) is 0 Å². The van der Waals surface area contributed by atoms with Crippen LogP contribution in [0.5, 0.6) is 0 Å². The molecule has 2 nitrogen and oxygen atoms in total. The molecule has 0 heterocycles. The molecule has 0 aliphatic rings. The van der Waals surface area contributed by atoms with Crippen LogP contribution in [0.15, 0.2) is 0 Å². The Bertz CT molecular complexity index is 130. The Kier molecular flexibility index (Phi) is 5.57. The van der Waals surface area contributed by atoms with Gasteiger partial charge in [-0.1, -0.05) is 27.7 Å². The van der Waals surface area contributed by atoms with Crippen LogP contribution in [0, 0.1) is 11.3 Å². The van der Waals surface area contributed by atoms with Crippen LogP contribution in [0.2, 0.25) is 0 Å². The zero-order valence-corrected chi connectivity index (χ0v) is 9.51. The van der Waals surface area contributed by atoms with Crippen molar-refractivity contribution in [2.24, 2.45) is 17.1 Å². The van der Waals surface area contributed by atoms with E-state index in [4.69, 9.17) is 5.73 Å². The number of aliphatic hydroxyl groups is 1. The van der Waals surface area contributed by atoms with E-state index in [-0.39, 0.29) is 11.5 Å². The van der Waals surface area contributed by atoms with E-state index in [2.05, 4.69) is 27.7 Å². The average molecular weight is 187 g/mol. The van der Waals surface area contributed by atoms with E-state index in [9.17, 15) is 5.11 Å². The van der Waals surface area contributed by atoms with Gasteiger partial charge in [-0.05, 0) is 25.2 Å². The van der Waals surface area contributed by atoms with Gasteiger partial charge in [-0.15, -0.1) is 0 Å². The highest BCUT2D eigenvalue weighted by Crippen LogP contribution is 2.28. The first kappa shape index (κ1) is 12.9. The minimum Gasteiger partial charge on any atom is -0.393 e. The van der Waals surface area contributed by atoms with E-state index < -0.39 is 0 Å². The van der Waals surface area contributed by atoms with Crippen LogP contribution in [0.1, 0.15) is 47.0 Å². The van der Waals surface area contributed by atoms with Crippen molar-refractivity contribution in [2.45, 2.75) is 53.1 Å². The van der Waals surface area contributed by atoms with Crippen LogP contribution in [0.3, 0.4) is 0 Å². The molecule has 0 saturated heterocycles. The molecule has 2 unspecified atom stereocenters. The van der Waals surface area contributed by atoms with E-state index in [0.29, 0.717) is 12.5 Å². The summed E-state index contributed by atoms with van der Waals surface area (Å²) >= 11 is 0. The van der Waals surface area contributed by atoms with Gasteiger partial charge in [0.2, 0.25) is 0 Å². The molecule has 2 heteroatoms. The van der Waals surface area contributed by atoms with E-state index in [1.165, 1.54) is 0 Å². The molecule has 0 aromatic rings. The van der Waals surface area contributed by atoms with Gasteiger partial charge in [0.1, 0.15) is 0 Å². The van der Waals surface area contributed by atoms with Gasteiger partial charge in [-0.25, -0.2) is 0 Å². The van der Waals surface area contributed by atoms with E-state index in [1.807, 2.05) is 0 Å². The van der Waals surface area contributed by atoms with E-state index in [0.717, 1.165) is 19.3 Å². The van der Waals surface area contributed by atoms with Crippen molar-refractivity contribution in [2.75, 3.05) is 6.54 Å². The summed E-state index contributed by atoms with van der Waals surface area (Å²) in [7, 11) is 0. The van der Waals surface area contributed by atoms with Gasteiger partial charge in [0.25, 0.3) is 0 Å². The summed E-state index contributed by atoms with van der Waals surface area (Å²) in [6, 6.07) is 0. The Morgan fingerprint density at radius 1 is 1.31 bits per heavy atom. The van der Waals surface area contributed by atoms with Gasteiger partial charge in [0.15, 0.2) is 0 Å². The van der Waals surface area contributed by atoms with Crippen LogP contribution in [0.4, 0.5) is 0 Å². The normalized spacial score (nSPS) is 18.7. The van der Waals surface area contributed by atoms with E-state index >= 15 is 0 Å². The predicted molar refractivity (Wildman–Crippen MR) is 57.5 cm³/mol. The molecule has 0 aliphatic heterocycles. The number of rotatable bonds is 6. The minimum atomic E-state index is -0.245. The molecule has 13 heavy (non-hydrogen) atoms. The maximum absolute atomic E-state index is 9.94. The fraction of sp³-hybridized carbons (Fsp3) is 1.00. The second-order valence-electron chi connectivity index (χ2n) is 4.70. The Morgan fingerprint density at radius 2 is 1.85 bits per heavy atom. The first-order valence-electron chi connectivity index (χ1n) is 5.34. The summed E-state index contributed by atoms with van der Waals surface area (Å²) in [6.07, 6.45) is 2.66. The maximum Gasteiger partial charge on any atom is 0.0605 e. The van der Waals surface area contributed by atoms with E-state index in [1.54, 1.807) is 0 Å². The smallest absolute Gasteiger partial charge is 0.0605 e. The van der Waals surface area contributed by atoms with Gasteiger partial charge < -0.3 is 10.8 Å². The van der Waals surface area contributed by atoms with Crippen molar-refractivity contribution < 1.29 is 5.11 Å². The van der Waals surface area contributed by atoms with Gasteiger partial charge in [0, 0.05) is 12.0 Å². The summed E-state index contributed by atoms with van der Waals surface area (Å²) in [6.45, 7) is 9.09. The topological polar surface area (TPSA) is 46.2 Å². The summed E-state index contributed by atoms with van der Waals surface area (Å²) in [4.78, 5) is 0. The third-order valence-electron chi connectivity index (χ3n) is 3.10.